The number of allylic oxidation sites excluding steroid dienone is 2. The van der Waals surface area contributed by atoms with Crippen LogP contribution >= 0.6 is 0 Å². The highest BCUT2D eigenvalue weighted by atomic mass is 16.5. The molecule has 2 fully saturated rings. The van der Waals surface area contributed by atoms with Gasteiger partial charge in [-0.3, -0.25) is 0 Å². The van der Waals surface area contributed by atoms with Crippen LogP contribution in [0.15, 0.2) is 49.1 Å². The first kappa shape index (κ1) is 22.3. The van der Waals surface area contributed by atoms with Crippen LogP contribution in [-0.2, 0) is 11.3 Å². The van der Waals surface area contributed by atoms with Crippen LogP contribution in [0.25, 0.3) is 0 Å². The van der Waals surface area contributed by atoms with E-state index in [0.29, 0.717) is 0 Å². The van der Waals surface area contributed by atoms with Crippen molar-refractivity contribution in [3.05, 3.63) is 60.2 Å². The highest BCUT2D eigenvalue weighted by Gasteiger charge is 2.24. The van der Waals surface area contributed by atoms with E-state index in [9.17, 15) is 0 Å². The Labute approximate surface area is 179 Å². The Morgan fingerprint density at radius 2 is 1.52 bits per heavy atom. The Morgan fingerprint density at radius 1 is 0.897 bits per heavy atom. The second-order valence-corrected chi connectivity index (χ2v) is 9.46. The van der Waals surface area contributed by atoms with Gasteiger partial charge in [0.25, 0.3) is 0 Å². The smallest absolute Gasteiger partial charge is 0.0717 e. The van der Waals surface area contributed by atoms with Crippen LogP contribution in [0.1, 0.15) is 94.6 Å². The maximum Gasteiger partial charge on any atom is 0.0717 e. The van der Waals surface area contributed by atoms with E-state index >= 15 is 0 Å². The molecule has 160 valence electrons. The molecule has 0 saturated heterocycles. The van der Waals surface area contributed by atoms with E-state index in [1.54, 1.807) is 5.56 Å². The third-order valence-corrected chi connectivity index (χ3v) is 7.44. The molecule has 0 aromatic heterocycles. The fourth-order valence-electron chi connectivity index (χ4n) is 5.36. The van der Waals surface area contributed by atoms with Crippen molar-refractivity contribution < 1.29 is 4.74 Å². The summed E-state index contributed by atoms with van der Waals surface area (Å²) in [5.74, 6) is 3.56. The van der Waals surface area contributed by atoms with Gasteiger partial charge in [-0.25, -0.2) is 0 Å². The molecule has 1 nitrogen and oxygen atoms in total. The van der Waals surface area contributed by atoms with Crippen LogP contribution in [-0.4, -0.2) is 6.61 Å². The molecular weight excluding hydrogens is 352 g/mol. The van der Waals surface area contributed by atoms with Crippen molar-refractivity contribution in [2.75, 3.05) is 6.61 Å². The quantitative estimate of drug-likeness (QED) is 0.287. The van der Waals surface area contributed by atoms with Crippen LogP contribution < -0.4 is 0 Å². The molecule has 0 amide bonds. The summed E-state index contributed by atoms with van der Waals surface area (Å²) >= 11 is 0. The summed E-state index contributed by atoms with van der Waals surface area (Å²) in [5.41, 5.74) is 2.85. The maximum absolute atomic E-state index is 5.75. The molecule has 3 rings (SSSR count). The molecule has 29 heavy (non-hydrogen) atoms. The first-order valence-electron chi connectivity index (χ1n) is 12.2. The lowest BCUT2D eigenvalue weighted by Crippen LogP contribution is -2.17. The van der Waals surface area contributed by atoms with E-state index in [1.807, 2.05) is 0 Å². The first-order valence-corrected chi connectivity index (χ1v) is 12.2. The van der Waals surface area contributed by atoms with Crippen molar-refractivity contribution in [3.8, 4) is 0 Å². The Bertz CT molecular complexity index is 598. The van der Waals surface area contributed by atoms with Gasteiger partial charge in [0.05, 0.1) is 13.2 Å². The Kier molecular flexibility index (Phi) is 9.54. The van der Waals surface area contributed by atoms with Crippen LogP contribution in [0.5, 0.6) is 0 Å². The maximum atomic E-state index is 5.75. The monoisotopic (exact) mass is 394 g/mol. The summed E-state index contributed by atoms with van der Waals surface area (Å²) in [6.07, 6.45) is 21.7. The second-order valence-electron chi connectivity index (χ2n) is 9.46. The van der Waals surface area contributed by atoms with Gasteiger partial charge in [0.15, 0.2) is 0 Å². The topological polar surface area (TPSA) is 9.23 Å². The molecule has 2 saturated carbocycles. The van der Waals surface area contributed by atoms with Crippen LogP contribution in [0, 0.1) is 17.8 Å². The summed E-state index contributed by atoms with van der Waals surface area (Å²) in [6.45, 7) is 7.58. The summed E-state index contributed by atoms with van der Waals surface area (Å²) in [4.78, 5) is 0. The van der Waals surface area contributed by atoms with E-state index in [2.05, 4.69) is 56.0 Å². The molecular formula is C28H42O. The summed E-state index contributed by atoms with van der Waals surface area (Å²) < 4.78 is 5.75. The zero-order chi connectivity index (χ0) is 20.3. The van der Waals surface area contributed by atoms with Gasteiger partial charge in [0.2, 0.25) is 0 Å². The van der Waals surface area contributed by atoms with Gasteiger partial charge >= 0.3 is 0 Å². The van der Waals surface area contributed by atoms with Gasteiger partial charge in [-0.2, -0.15) is 0 Å². The van der Waals surface area contributed by atoms with Crippen molar-refractivity contribution >= 4 is 0 Å². The SMILES string of the molecule is C=C[C@H]1CC[C@H](CC[C@H]2CC[C@H](c3ccc(COCCC=CC)cc3)CC2)CC1. The van der Waals surface area contributed by atoms with Gasteiger partial charge in [0, 0.05) is 0 Å². The molecule has 2 aliphatic carbocycles. The summed E-state index contributed by atoms with van der Waals surface area (Å²) in [5, 5.41) is 0. The molecule has 0 heterocycles. The average Bonchev–Trinajstić information content (AvgIpc) is 2.79. The van der Waals surface area contributed by atoms with Crippen molar-refractivity contribution in [1.29, 1.82) is 0 Å². The van der Waals surface area contributed by atoms with Gasteiger partial charge in [-0.15, -0.1) is 6.58 Å². The van der Waals surface area contributed by atoms with E-state index in [4.69, 9.17) is 4.74 Å². The minimum absolute atomic E-state index is 0.735. The molecule has 0 atom stereocenters. The highest BCUT2D eigenvalue weighted by molar-refractivity contribution is 5.25. The lowest BCUT2D eigenvalue weighted by molar-refractivity contribution is 0.125. The lowest BCUT2D eigenvalue weighted by atomic mass is 9.74. The molecule has 2 aliphatic rings. The van der Waals surface area contributed by atoms with Crippen LogP contribution in [0.4, 0.5) is 0 Å². The fourth-order valence-corrected chi connectivity index (χ4v) is 5.36. The van der Waals surface area contributed by atoms with Crippen molar-refractivity contribution in [2.45, 2.75) is 90.1 Å². The summed E-state index contributed by atoms with van der Waals surface area (Å²) in [6, 6.07) is 9.26. The van der Waals surface area contributed by atoms with E-state index in [-0.39, 0.29) is 0 Å². The van der Waals surface area contributed by atoms with Gasteiger partial charge in [-0.1, -0.05) is 55.3 Å². The zero-order valence-electron chi connectivity index (χ0n) is 18.7. The third kappa shape index (κ3) is 7.45. The minimum atomic E-state index is 0.735. The molecule has 1 aromatic rings. The van der Waals surface area contributed by atoms with Gasteiger partial charge in [0.1, 0.15) is 0 Å². The third-order valence-electron chi connectivity index (χ3n) is 7.44. The van der Waals surface area contributed by atoms with E-state index in [1.165, 1.54) is 69.8 Å². The minimum Gasteiger partial charge on any atom is -0.376 e. The molecule has 1 aromatic carbocycles. The average molecular weight is 395 g/mol. The first-order chi connectivity index (χ1) is 14.3. The normalized spacial score (nSPS) is 27.9. The fraction of sp³-hybridized carbons (Fsp3) is 0.643. The Morgan fingerprint density at radius 3 is 2.10 bits per heavy atom. The number of hydrogen-bond acceptors (Lipinski definition) is 1. The number of benzene rings is 1. The predicted molar refractivity (Wildman–Crippen MR) is 125 cm³/mol. The van der Waals surface area contributed by atoms with Crippen molar-refractivity contribution in [1.82, 2.24) is 0 Å². The molecule has 1 heteroatoms. The van der Waals surface area contributed by atoms with Gasteiger partial charge < -0.3 is 4.74 Å². The van der Waals surface area contributed by atoms with Crippen LogP contribution in [0.2, 0.25) is 0 Å². The number of rotatable bonds is 10. The van der Waals surface area contributed by atoms with Crippen molar-refractivity contribution in [2.24, 2.45) is 17.8 Å². The lowest BCUT2D eigenvalue weighted by Gasteiger charge is -2.31. The van der Waals surface area contributed by atoms with E-state index in [0.717, 1.165) is 43.3 Å². The second kappa shape index (κ2) is 12.4. The highest BCUT2D eigenvalue weighted by Crippen LogP contribution is 2.39. The van der Waals surface area contributed by atoms with Crippen molar-refractivity contribution in [3.63, 3.8) is 0 Å². The zero-order valence-corrected chi connectivity index (χ0v) is 18.7. The summed E-state index contributed by atoms with van der Waals surface area (Å²) in [7, 11) is 0. The standard InChI is InChI=1S/C28H42O/c1-3-5-6-21-29-22-26-15-19-28(20-16-26)27-17-13-25(14-18-27)12-11-24-9-7-23(4-2)8-10-24/h3-5,15-16,19-20,23-25,27H,2,6-14,17-18,21-22H2,1H3/t23-,24-,25-,27-. The Balaban J connectivity index is 1.33. The molecule has 0 radical (unpaired) electrons. The number of ether oxygens (including phenoxy) is 1. The molecule has 0 N–H and O–H groups in total. The molecule has 0 aliphatic heterocycles. The van der Waals surface area contributed by atoms with Crippen LogP contribution in [0.3, 0.4) is 0 Å². The number of hydrogen-bond donors (Lipinski definition) is 0. The van der Waals surface area contributed by atoms with Gasteiger partial charge in [-0.05, 0) is 99.5 Å². The molecule has 0 bridgehead atoms. The molecule has 0 spiro atoms. The molecule has 0 unspecified atom stereocenters. The largest absolute Gasteiger partial charge is 0.376 e. The predicted octanol–water partition coefficient (Wildman–Crippen LogP) is 8.22. The van der Waals surface area contributed by atoms with E-state index < -0.39 is 0 Å². The Hall–Kier alpha value is -1.34.